The predicted octanol–water partition coefficient (Wildman–Crippen LogP) is 0.461. The van der Waals surface area contributed by atoms with Gasteiger partial charge in [0.2, 0.25) is 5.91 Å². The molecule has 1 unspecified atom stereocenters. The van der Waals surface area contributed by atoms with E-state index in [1.54, 1.807) is 7.05 Å². The van der Waals surface area contributed by atoms with Crippen molar-refractivity contribution >= 4 is 12.0 Å². The molecule has 0 aromatic carbocycles. The quantitative estimate of drug-likeness (QED) is 0.714. The van der Waals surface area contributed by atoms with Gasteiger partial charge in [0.05, 0.1) is 6.54 Å². The topological polar surface area (TPSA) is 84.7 Å². The summed E-state index contributed by atoms with van der Waals surface area (Å²) in [5.41, 5.74) is 4.49. The Hall–Kier alpha value is -1.30. The lowest BCUT2D eigenvalue weighted by atomic mass is 9.89. The summed E-state index contributed by atoms with van der Waals surface area (Å²) in [6.45, 7) is 6.20. The molecule has 1 saturated heterocycles. The van der Waals surface area contributed by atoms with Gasteiger partial charge in [-0.1, -0.05) is 0 Å². The number of likely N-dealkylation sites (N-methyl/N-ethyl adjacent to an activating group) is 1. The summed E-state index contributed by atoms with van der Waals surface area (Å²) >= 11 is 0. The zero-order valence-corrected chi connectivity index (χ0v) is 11.6. The first-order chi connectivity index (χ1) is 8.18. The van der Waals surface area contributed by atoms with E-state index in [1.165, 1.54) is 4.90 Å². The summed E-state index contributed by atoms with van der Waals surface area (Å²) in [5, 5.41) is 2.54. The van der Waals surface area contributed by atoms with Gasteiger partial charge in [0.15, 0.2) is 0 Å². The van der Waals surface area contributed by atoms with Crippen molar-refractivity contribution < 1.29 is 14.3 Å². The number of nitrogens with one attached hydrogen (secondary N) is 1. The first-order valence-corrected chi connectivity index (χ1v) is 6.17. The van der Waals surface area contributed by atoms with E-state index in [2.05, 4.69) is 5.32 Å². The molecule has 0 bridgehead atoms. The third-order valence-corrected chi connectivity index (χ3v) is 2.85. The zero-order chi connectivity index (χ0) is 14.0. The van der Waals surface area contributed by atoms with Crippen molar-refractivity contribution in [3.63, 3.8) is 0 Å². The highest BCUT2D eigenvalue weighted by Gasteiger charge is 2.40. The number of amides is 2. The molecule has 0 aromatic heterocycles. The highest BCUT2D eigenvalue weighted by atomic mass is 16.6. The second-order valence-corrected chi connectivity index (χ2v) is 5.74. The van der Waals surface area contributed by atoms with Crippen molar-refractivity contribution in [1.29, 1.82) is 0 Å². The Balaban J connectivity index is 2.69. The van der Waals surface area contributed by atoms with Gasteiger partial charge in [0, 0.05) is 13.6 Å². The number of nitrogens with zero attached hydrogens (tertiary/aromatic N) is 1. The van der Waals surface area contributed by atoms with Crippen LogP contribution in [-0.2, 0) is 9.53 Å². The fourth-order valence-corrected chi connectivity index (χ4v) is 2.00. The lowest BCUT2D eigenvalue weighted by molar-refractivity contribution is -0.127. The molecule has 0 radical (unpaired) electrons. The number of nitrogens with two attached hydrogens (primary N) is 1. The van der Waals surface area contributed by atoms with Crippen LogP contribution < -0.4 is 11.1 Å². The van der Waals surface area contributed by atoms with Crippen molar-refractivity contribution in [3.8, 4) is 0 Å². The average Bonchev–Trinajstić information content (AvgIpc) is 2.25. The smallest absolute Gasteiger partial charge is 0.410 e. The fraction of sp³-hybridized carbons (Fsp3) is 0.833. The number of likely N-dealkylation sites (tertiary alicyclic amines) is 1. The van der Waals surface area contributed by atoms with Crippen LogP contribution in [0.2, 0.25) is 0 Å². The molecule has 6 nitrogen and oxygen atoms in total. The Kier molecular flexibility index (Phi) is 4.21. The van der Waals surface area contributed by atoms with Crippen LogP contribution in [0.4, 0.5) is 4.79 Å². The molecule has 6 heteroatoms. The molecule has 0 saturated carbocycles. The lowest BCUT2D eigenvalue weighted by Crippen LogP contribution is -2.63. The van der Waals surface area contributed by atoms with Crippen molar-refractivity contribution in [2.75, 3.05) is 20.1 Å². The van der Waals surface area contributed by atoms with Gasteiger partial charge < -0.3 is 20.7 Å². The van der Waals surface area contributed by atoms with Crippen LogP contribution >= 0.6 is 0 Å². The standard InChI is InChI=1S/C12H23N3O3/c1-11(2,3)18-10(17)15-7-5-6-12(13,8-15)9(16)14-4/h5-8,13H2,1-4H3,(H,14,16). The van der Waals surface area contributed by atoms with Crippen LogP contribution in [0.15, 0.2) is 0 Å². The van der Waals surface area contributed by atoms with E-state index in [0.717, 1.165) is 0 Å². The SMILES string of the molecule is CNC(=O)C1(N)CCCN(C(=O)OC(C)(C)C)C1. The highest BCUT2D eigenvalue weighted by molar-refractivity contribution is 5.87. The molecule has 1 aliphatic heterocycles. The minimum Gasteiger partial charge on any atom is -0.444 e. The predicted molar refractivity (Wildman–Crippen MR) is 68.0 cm³/mol. The van der Waals surface area contributed by atoms with Gasteiger partial charge in [0.25, 0.3) is 0 Å². The third-order valence-electron chi connectivity index (χ3n) is 2.85. The van der Waals surface area contributed by atoms with Crippen LogP contribution in [0.5, 0.6) is 0 Å². The maximum atomic E-state index is 11.9. The van der Waals surface area contributed by atoms with Crippen LogP contribution in [0.3, 0.4) is 0 Å². The second-order valence-electron chi connectivity index (χ2n) is 5.74. The van der Waals surface area contributed by atoms with Gasteiger partial charge in [-0.2, -0.15) is 0 Å². The Morgan fingerprint density at radius 3 is 2.50 bits per heavy atom. The normalized spacial score (nSPS) is 24.6. The first-order valence-electron chi connectivity index (χ1n) is 6.17. The van der Waals surface area contributed by atoms with Crippen molar-refractivity contribution in [1.82, 2.24) is 10.2 Å². The van der Waals surface area contributed by atoms with E-state index in [1.807, 2.05) is 20.8 Å². The molecule has 0 aromatic rings. The number of rotatable bonds is 1. The maximum Gasteiger partial charge on any atom is 0.410 e. The molecule has 1 fully saturated rings. The molecule has 1 aliphatic rings. The molecule has 0 spiro atoms. The molecule has 0 aliphatic carbocycles. The number of carbonyl (C=O) groups excluding carboxylic acids is 2. The van der Waals surface area contributed by atoms with E-state index < -0.39 is 17.2 Å². The zero-order valence-electron chi connectivity index (χ0n) is 11.6. The minimum atomic E-state index is -1.01. The third kappa shape index (κ3) is 3.60. The second kappa shape index (κ2) is 5.14. The molecule has 3 N–H and O–H groups in total. The summed E-state index contributed by atoms with van der Waals surface area (Å²) in [6.07, 6.45) is 0.857. The van der Waals surface area contributed by atoms with E-state index in [9.17, 15) is 9.59 Å². The van der Waals surface area contributed by atoms with Crippen LogP contribution in [0.25, 0.3) is 0 Å². The van der Waals surface area contributed by atoms with Crippen LogP contribution in [0.1, 0.15) is 33.6 Å². The molecule has 1 atom stereocenters. The monoisotopic (exact) mass is 257 g/mol. The number of ether oxygens (including phenoxy) is 1. The lowest BCUT2D eigenvalue weighted by Gasteiger charge is -2.39. The van der Waals surface area contributed by atoms with Gasteiger partial charge >= 0.3 is 6.09 Å². The van der Waals surface area contributed by atoms with Gasteiger partial charge in [-0.05, 0) is 33.6 Å². The summed E-state index contributed by atoms with van der Waals surface area (Å²) in [6, 6.07) is 0. The van der Waals surface area contributed by atoms with E-state index in [4.69, 9.17) is 10.5 Å². The number of carbonyl (C=O) groups is 2. The largest absolute Gasteiger partial charge is 0.444 e. The molecule has 104 valence electrons. The molecule has 2 amide bonds. The number of hydrogen-bond donors (Lipinski definition) is 2. The first kappa shape index (κ1) is 14.8. The minimum absolute atomic E-state index is 0.196. The van der Waals surface area contributed by atoms with E-state index in [0.29, 0.717) is 19.4 Å². The van der Waals surface area contributed by atoms with Gasteiger partial charge in [0.1, 0.15) is 11.1 Å². The van der Waals surface area contributed by atoms with E-state index in [-0.39, 0.29) is 12.5 Å². The maximum absolute atomic E-state index is 11.9. The van der Waals surface area contributed by atoms with Gasteiger partial charge in [-0.3, -0.25) is 4.79 Å². The fourth-order valence-electron chi connectivity index (χ4n) is 2.00. The Labute approximate surface area is 108 Å². The Morgan fingerprint density at radius 1 is 1.39 bits per heavy atom. The number of hydrogen-bond acceptors (Lipinski definition) is 4. The van der Waals surface area contributed by atoms with Gasteiger partial charge in [-0.25, -0.2) is 4.79 Å². The summed E-state index contributed by atoms with van der Waals surface area (Å²) in [4.78, 5) is 25.2. The Morgan fingerprint density at radius 2 is 2.00 bits per heavy atom. The molecular weight excluding hydrogens is 234 g/mol. The highest BCUT2D eigenvalue weighted by Crippen LogP contribution is 2.21. The molecular formula is C12H23N3O3. The molecule has 1 rings (SSSR count). The summed E-state index contributed by atoms with van der Waals surface area (Å²) < 4.78 is 5.28. The van der Waals surface area contributed by atoms with Crippen LogP contribution in [-0.4, -0.2) is 48.2 Å². The molecule has 18 heavy (non-hydrogen) atoms. The number of piperidine rings is 1. The summed E-state index contributed by atoms with van der Waals surface area (Å²) in [7, 11) is 1.55. The Bertz CT molecular complexity index is 338. The van der Waals surface area contributed by atoms with Gasteiger partial charge in [-0.15, -0.1) is 0 Å². The van der Waals surface area contributed by atoms with Crippen molar-refractivity contribution in [2.45, 2.75) is 44.8 Å². The summed E-state index contributed by atoms with van der Waals surface area (Å²) in [5.74, 6) is -0.240. The molecule has 1 heterocycles. The van der Waals surface area contributed by atoms with Crippen LogP contribution in [0, 0.1) is 0 Å². The van der Waals surface area contributed by atoms with E-state index >= 15 is 0 Å². The average molecular weight is 257 g/mol. The van der Waals surface area contributed by atoms with Crippen molar-refractivity contribution in [2.24, 2.45) is 5.73 Å². The van der Waals surface area contributed by atoms with Crippen molar-refractivity contribution in [3.05, 3.63) is 0 Å².